The fourth-order valence-electron chi connectivity index (χ4n) is 5.80. The lowest BCUT2D eigenvalue weighted by molar-refractivity contribution is -0.123. The molecule has 13 heteroatoms. The number of nitrogens with zero attached hydrogens (tertiary/aromatic N) is 5. The minimum Gasteiger partial charge on any atom is -0.612 e. The second-order valence-electron chi connectivity index (χ2n) is 11.0. The van der Waals surface area contributed by atoms with Gasteiger partial charge in [-0.1, -0.05) is 22.2 Å². The number of ether oxygens (including phenoxy) is 1. The molecule has 0 saturated carbocycles. The molecule has 6 rings (SSSR count). The van der Waals surface area contributed by atoms with Crippen LogP contribution in [0, 0.1) is 6.92 Å². The number of aryl methyl sites for hydroxylation is 1. The Morgan fingerprint density at radius 2 is 2.02 bits per heavy atom. The van der Waals surface area contributed by atoms with Crippen molar-refractivity contribution in [3.05, 3.63) is 48.4 Å². The highest BCUT2D eigenvalue weighted by atomic mass is 32.2. The molecule has 2 fully saturated rings. The van der Waals surface area contributed by atoms with Gasteiger partial charge in [0, 0.05) is 61.0 Å². The van der Waals surface area contributed by atoms with Crippen LogP contribution in [0.2, 0.25) is 0 Å². The fourth-order valence-corrected chi connectivity index (χ4v) is 7.25. The smallest absolute Gasteiger partial charge is 0.242 e. The van der Waals surface area contributed by atoms with Gasteiger partial charge in [0.1, 0.15) is 6.26 Å². The molecular formula is C30H37N8O3PS. The summed E-state index contributed by atoms with van der Waals surface area (Å²) in [6.07, 6.45) is 7.76. The quantitative estimate of drug-likeness (QED) is 0.191. The first-order chi connectivity index (χ1) is 20.8. The number of hydrogen-bond donors (Lipinski definition) is 3. The highest BCUT2D eigenvalue weighted by Crippen LogP contribution is 2.33. The van der Waals surface area contributed by atoms with E-state index in [4.69, 9.17) is 9.72 Å². The van der Waals surface area contributed by atoms with Gasteiger partial charge in [-0.3, -0.25) is 14.6 Å². The summed E-state index contributed by atoms with van der Waals surface area (Å²) < 4.78 is 17.5. The molecule has 3 aromatic heterocycles. The summed E-state index contributed by atoms with van der Waals surface area (Å²) in [5, 5.41) is 8.10. The largest absolute Gasteiger partial charge is 0.612 e. The van der Waals surface area contributed by atoms with E-state index in [2.05, 4.69) is 51.5 Å². The van der Waals surface area contributed by atoms with Crippen molar-refractivity contribution >= 4 is 60.0 Å². The maximum Gasteiger partial charge on any atom is 0.242 e. The first-order valence-electron chi connectivity index (χ1n) is 14.5. The zero-order valence-electron chi connectivity index (χ0n) is 24.6. The molecule has 1 amide bonds. The Bertz CT molecular complexity index is 1620. The lowest BCUT2D eigenvalue weighted by Gasteiger charge is -2.44. The SMILES string of the molecule is CCC(C(=O)Nc1nccc2c(-c3nc(Nc4cccc([S+](C)[O-])c4P)ncc3C)c[nH]c12)N1CCN(C2COC2)CC1. The van der Waals surface area contributed by atoms with Gasteiger partial charge in [0.15, 0.2) is 10.7 Å². The van der Waals surface area contributed by atoms with Crippen LogP contribution in [0.15, 0.2) is 47.8 Å². The zero-order valence-corrected chi connectivity index (χ0v) is 26.6. The predicted octanol–water partition coefficient (Wildman–Crippen LogP) is 3.04. The number of benzene rings is 1. The van der Waals surface area contributed by atoms with Gasteiger partial charge in [-0.15, -0.1) is 0 Å². The van der Waals surface area contributed by atoms with Crippen LogP contribution in [0.3, 0.4) is 0 Å². The van der Waals surface area contributed by atoms with E-state index in [-0.39, 0.29) is 11.9 Å². The number of pyridine rings is 1. The number of anilines is 3. The van der Waals surface area contributed by atoms with Gasteiger partial charge >= 0.3 is 0 Å². The Morgan fingerprint density at radius 3 is 2.72 bits per heavy atom. The molecule has 226 valence electrons. The third-order valence-corrected chi connectivity index (χ3v) is 10.1. The van der Waals surface area contributed by atoms with Gasteiger partial charge in [-0.25, -0.2) is 15.0 Å². The molecular weight excluding hydrogens is 583 g/mol. The highest BCUT2D eigenvalue weighted by molar-refractivity contribution is 7.91. The Morgan fingerprint density at radius 1 is 1.23 bits per heavy atom. The van der Waals surface area contributed by atoms with E-state index in [0.717, 1.165) is 89.4 Å². The summed E-state index contributed by atoms with van der Waals surface area (Å²) in [6, 6.07) is 7.82. The number of piperazine rings is 1. The van der Waals surface area contributed by atoms with Crippen LogP contribution in [-0.4, -0.2) is 97.9 Å². The Hall–Kier alpha value is -3.12. The van der Waals surface area contributed by atoms with Crippen molar-refractivity contribution in [1.29, 1.82) is 0 Å². The zero-order chi connectivity index (χ0) is 30.1. The molecule has 5 heterocycles. The minimum absolute atomic E-state index is 0.0488. The van der Waals surface area contributed by atoms with Gasteiger partial charge in [0.2, 0.25) is 11.9 Å². The molecule has 0 bridgehead atoms. The fraction of sp³-hybridized carbons (Fsp3) is 0.400. The first kappa shape index (κ1) is 29.9. The molecule has 2 aliphatic heterocycles. The first-order valence-corrected chi connectivity index (χ1v) is 16.6. The molecule has 0 aliphatic carbocycles. The second kappa shape index (κ2) is 12.9. The molecule has 1 aromatic carbocycles. The van der Waals surface area contributed by atoms with Gasteiger partial charge in [-0.2, -0.15) is 0 Å². The molecule has 2 aliphatic rings. The molecule has 11 nitrogen and oxygen atoms in total. The van der Waals surface area contributed by atoms with E-state index in [0.29, 0.717) is 17.8 Å². The van der Waals surface area contributed by atoms with E-state index in [1.807, 2.05) is 37.4 Å². The van der Waals surface area contributed by atoms with Crippen LogP contribution in [0.5, 0.6) is 0 Å². The van der Waals surface area contributed by atoms with Crippen molar-refractivity contribution < 1.29 is 14.1 Å². The van der Waals surface area contributed by atoms with Gasteiger partial charge in [0.05, 0.1) is 42.2 Å². The van der Waals surface area contributed by atoms with Crippen LogP contribution >= 0.6 is 9.24 Å². The van der Waals surface area contributed by atoms with E-state index in [1.165, 1.54) is 0 Å². The van der Waals surface area contributed by atoms with E-state index in [1.54, 1.807) is 18.6 Å². The van der Waals surface area contributed by atoms with Crippen molar-refractivity contribution in [3.63, 3.8) is 0 Å². The Labute approximate surface area is 256 Å². The number of aromatic nitrogens is 4. The van der Waals surface area contributed by atoms with E-state index >= 15 is 0 Å². The summed E-state index contributed by atoms with van der Waals surface area (Å²) in [6.45, 7) is 9.25. The van der Waals surface area contributed by atoms with Crippen LogP contribution < -0.4 is 15.9 Å². The molecule has 2 saturated heterocycles. The van der Waals surface area contributed by atoms with Crippen LogP contribution in [0.1, 0.15) is 18.9 Å². The Kier molecular flexibility index (Phi) is 8.95. The van der Waals surface area contributed by atoms with Crippen LogP contribution in [0.25, 0.3) is 22.2 Å². The maximum atomic E-state index is 13.5. The normalized spacial score (nSPS) is 17.9. The highest BCUT2D eigenvalue weighted by Gasteiger charge is 2.33. The summed E-state index contributed by atoms with van der Waals surface area (Å²) in [5.74, 6) is 0.878. The molecule has 3 unspecified atom stereocenters. The van der Waals surface area contributed by atoms with Crippen molar-refractivity contribution in [2.75, 3.05) is 56.3 Å². The predicted molar refractivity (Wildman–Crippen MR) is 174 cm³/mol. The minimum atomic E-state index is -1.12. The van der Waals surface area contributed by atoms with Crippen molar-refractivity contribution in [1.82, 2.24) is 29.7 Å². The molecule has 0 spiro atoms. The number of aromatic amines is 1. The number of rotatable bonds is 9. The lowest BCUT2D eigenvalue weighted by atomic mass is 10.1. The number of H-pyrrole nitrogens is 1. The Balaban J connectivity index is 1.21. The van der Waals surface area contributed by atoms with Crippen LogP contribution in [0.4, 0.5) is 17.5 Å². The number of fused-ring (bicyclic) bond motifs is 1. The number of carbonyl (C=O) groups is 1. The molecule has 4 aromatic rings. The van der Waals surface area contributed by atoms with Crippen molar-refractivity contribution in [2.24, 2.45) is 0 Å². The molecule has 0 radical (unpaired) electrons. The monoisotopic (exact) mass is 620 g/mol. The number of amides is 1. The average molecular weight is 621 g/mol. The summed E-state index contributed by atoms with van der Waals surface area (Å²) in [7, 11) is 2.66. The third-order valence-electron chi connectivity index (χ3n) is 8.31. The van der Waals surface area contributed by atoms with Crippen molar-refractivity contribution in [2.45, 2.75) is 37.2 Å². The van der Waals surface area contributed by atoms with E-state index < -0.39 is 11.2 Å². The third kappa shape index (κ3) is 6.13. The van der Waals surface area contributed by atoms with Gasteiger partial charge < -0.3 is 24.9 Å². The molecule has 3 atom stereocenters. The second-order valence-corrected chi connectivity index (χ2v) is 12.9. The maximum absolute atomic E-state index is 13.5. The topological polar surface area (TPSA) is 134 Å². The van der Waals surface area contributed by atoms with E-state index in [9.17, 15) is 9.35 Å². The lowest BCUT2D eigenvalue weighted by Crippen LogP contribution is -2.59. The number of nitrogens with one attached hydrogen (secondary N) is 3. The summed E-state index contributed by atoms with van der Waals surface area (Å²) in [4.78, 5) is 36.2. The van der Waals surface area contributed by atoms with Gasteiger partial charge in [0.25, 0.3) is 0 Å². The molecule has 43 heavy (non-hydrogen) atoms. The van der Waals surface area contributed by atoms with Crippen molar-refractivity contribution in [3.8, 4) is 11.3 Å². The summed E-state index contributed by atoms with van der Waals surface area (Å²) >= 11 is -1.12. The van der Waals surface area contributed by atoms with Crippen LogP contribution in [-0.2, 0) is 20.7 Å². The number of carbonyl (C=O) groups excluding carboxylic acids is 1. The standard InChI is InChI=1S/C30H37N8O3PS/c1-4-23(38-12-10-37(11-13-38)19-16-41-17-19)29(39)36-28-26-20(8-9-31-28)21(15-32-26)25-18(2)14-33-30(35-25)34-22-6-5-7-24(27(22)42)43(3)40/h5-9,14-15,19,23,32H,4,10-13,16-17,42H2,1-3H3,(H,31,36,39)(H,33,34,35). The summed E-state index contributed by atoms with van der Waals surface area (Å²) in [5.41, 5.74) is 4.06. The number of hydrogen-bond acceptors (Lipinski definition) is 9. The average Bonchev–Trinajstić information content (AvgIpc) is 3.40. The van der Waals surface area contributed by atoms with Gasteiger partial charge in [-0.05, 0) is 48.3 Å². The molecule has 3 N–H and O–H groups in total.